The van der Waals surface area contributed by atoms with Crippen LogP contribution in [-0.2, 0) is 0 Å². The van der Waals surface area contributed by atoms with Crippen molar-refractivity contribution in [2.24, 2.45) is 0 Å². The Hall–Kier alpha value is -4.62. The highest BCUT2D eigenvalue weighted by atomic mass is 15.1. The molecule has 252 valence electrons. The van der Waals surface area contributed by atoms with Crippen LogP contribution >= 0.6 is 0 Å². The molecule has 0 aromatic heterocycles. The molecule has 49 heavy (non-hydrogen) atoms. The number of nitrogens with zero attached hydrogens (tertiary/aromatic N) is 1. The van der Waals surface area contributed by atoms with Crippen LogP contribution in [0.25, 0.3) is 27.8 Å². The van der Waals surface area contributed by atoms with Crippen LogP contribution in [0.5, 0.6) is 0 Å². The van der Waals surface area contributed by atoms with Gasteiger partial charge < -0.3 is 4.90 Å². The van der Waals surface area contributed by atoms with Gasteiger partial charge in [0.1, 0.15) is 0 Å². The fourth-order valence-electron chi connectivity index (χ4n) is 7.24. The van der Waals surface area contributed by atoms with E-state index >= 15 is 0 Å². The SMILES string of the molecule is C=C(CCCC)c1cc(-c2c(C)c(C)cc(C3=C(N(C)C=C/C=C\CC(C)c4ccccc4)CCC=C3c3ccccc3)c2C)ccc1C. The van der Waals surface area contributed by atoms with Gasteiger partial charge in [-0.2, -0.15) is 0 Å². The average Bonchev–Trinajstić information content (AvgIpc) is 3.13. The van der Waals surface area contributed by atoms with Gasteiger partial charge in [0.05, 0.1) is 0 Å². The normalized spacial score (nSPS) is 14.1. The number of allylic oxidation sites excluding steroid dienone is 8. The van der Waals surface area contributed by atoms with Crippen molar-refractivity contribution in [3.8, 4) is 11.1 Å². The second-order valence-corrected chi connectivity index (χ2v) is 13.9. The maximum Gasteiger partial charge on any atom is 0.0259 e. The van der Waals surface area contributed by atoms with Crippen molar-refractivity contribution in [1.82, 2.24) is 4.90 Å². The fraction of sp³-hybridized carbons (Fsp3) is 0.292. The summed E-state index contributed by atoms with van der Waals surface area (Å²) in [4.78, 5) is 2.35. The molecule has 1 atom stereocenters. The lowest BCUT2D eigenvalue weighted by Crippen LogP contribution is -2.16. The highest BCUT2D eigenvalue weighted by molar-refractivity contribution is 6.08. The third-order valence-corrected chi connectivity index (χ3v) is 10.3. The van der Waals surface area contributed by atoms with E-state index in [4.69, 9.17) is 0 Å². The Labute approximate surface area is 297 Å². The smallest absolute Gasteiger partial charge is 0.0259 e. The average molecular weight is 646 g/mol. The van der Waals surface area contributed by atoms with Gasteiger partial charge in [0.25, 0.3) is 0 Å². The summed E-state index contributed by atoms with van der Waals surface area (Å²) < 4.78 is 0. The summed E-state index contributed by atoms with van der Waals surface area (Å²) in [5.74, 6) is 0.496. The monoisotopic (exact) mass is 645 g/mol. The second-order valence-electron chi connectivity index (χ2n) is 13.9. The molecule has 0 N–H and O–H groups in total. The molecule has 0 bridgehead atoms. The molecule has 0 saturated heterocycles. The highest BCUT2D eigenvalue weighted by Crippen LogP contribution is 2.45. The van der Waals surface area contributed by atoms with Crippen LogP contribution in [0.3, 0.4) is 0 Å². The lowest BCUT2D eigenvalue weighted by molar-refractivity contribution is 0.540. The van der Waals surface area contributed by atoms with Crippen molar-refractivity contribution < 1.29 is 0 Å². The molecule has 0 fully saturated rings. The van der Waals surface area contributed by atoms with Gasteiger partial charge in [-0.05, 0) is 145 Å². The predicted molar refractivity (Wildman–Crippen MR) is 215 cm³/mol. The van der Waals surface area contributed by atoms with E-state index in [1.165, 1.54) is 90.9 Å². The van der Waals surface area contributed by atoms with Crippen molar-refractivity contribution in [2.75, 3.05) is 7.05 Å². The standard InChI is InChI=1S/C48H55N/c1-9-10-21-35(3)44-33-42(30-29-36(44)4)47-38(6)37(5)32-45(39(47)7)48-43(41-25-17-12-18-26-41)27-20-28-46(48)49(8)31-19-13-14-22-34(2)40-23-15-11-16-24-40/h11-19,23-27,29-34H,3,9-10,20-22,28H2,1-2,4-8H3/b14-13-,31-19?. The quantitative estimate of drug-likeness (QED) is 0.131. The van der Waals surface area contributed by atoms with Crippen molar-refractivity contribution in [2.45, 2.75) is 86.0 Å². The van der Waals surface area contributed by atoms with E-state index in [2.05, 4.69) is 176 Å². The van der Waals surface area contributed by atoms with Crippen molar-refractivity contribution in [3.05, 3.63) is 172 Å². The molecule has 0 heterocycles. The third kappa shape index (κ3) is 8.34. The minimum Gasteiger partial charge on any atom is -0.354 e. The number of hydrogen-bond donors (Lipinski definition) is 0. The van der Waals surface area contributed by atoms with Gasteiger partial charge in [0, 0.05) is 24.5 Å². The molecule has 1 heteroatoms. The molecule has 4 aromatic carbocycles. The zero-order valence-corrected chi connectivity index (χ0v) is 30.9. The summed E-state index contributed by atoms with van der Waals surface area (Å²) in [5, 5.41) is 0. The van der Waals surface area contributed by atoms with E-state index in [-0.39, 0.29) is 0 Å². The molecule has 0 radical (unpaired) electrons. The van der Waals surface area contributed by atoms with Gasteiger partial charge in [-0.25, -0.2) is 0 Å². The molecule has 1 aliphatic rings. The third-order valence-electron chi connectivity index (χ3n) is 10.3. The Balaban J connectivity index is 1.57. The van der Waals surface area contributed by atoms with E-state index in [0.29, 0.717) is 5.92 Å². The number of hydrogen-bond acceptors (Lipinski definition) is 1. The molecule has 0 amide bonds. The van der Waals surface area contributed by atoms with E-state index in [0.717, 1.165) is 25.7 Å². The zero-order chi connectivity index (χ0) is 34.9. The highest BCUT2D eigenvalue weighted by Gasteiger charge is 2.25. The van der Waals surface area contributed by atoms with Gasteiger partial charge in [0.2, 0.25) is 0 Å². The summed E-state index contributed by atoms with van der Waals surface area (Å²) in [6, 6.07) is 31.2. The van der Waals surface area contributed by atoms with Gasteiger partial charge in [-0.15, -0.1) is 0 Å². The predicted octanol–water partition coefficient (Wildman–Crippen LogP) is 13.6. The van der Waals surface area contributed by atoms with Gasteiger partial charge >= 0.3 is 0 Å². The minimum absolute atomic E-state index is 0.496. The number of unbranched alkanes of at least 4 members (excludes halogenated alkanes) is 1. The summed E-state index contributed by atoms with van der Waals surface area (Å²) in [6.07, 6.45) is 17.8. The Morgan fingerprint density at radius 1 is 0.837 bits per heavy atom. The number of rotatable bonds is 13. The van der Waals surface area contributed by atoms with Gasteiger partial charge in [-0.3, -0.25) is 0 Å². The maximum atomic E-state index is 4.51. The molecule has 0 saturated carbocycles. The Bertz CT molecular complexity index is 1880. The first-order valence-electron chi connectivity index (χ1n) is 18.2. The Morgan fingerprint density at radius 2 is 1.55 bits per heavy atom. The lowest BCUT2D eigenvalue weighted by atomic mass is 9.79. The van der Waals surface area contributed by atoms with Crippen molar-refractivity contribution >= 4 is 16.7 Å². The summed E-state index contributed by atoms with van der Waals surface area (Å²) >= 11 is 0. The first kappa shape index (κ1) is 35.7. The molecular formula is C48H55N. The topological polar surface area (TPSA) is 3.24 Å². The van der Waals surface area contributed by atoms with Crippen LogP contribution < -0.4 is 0 Å². The second kappa shape index (κ2) is 16.7. The van der Waals surface area contributed by atoms with Gasteiger partial charge in [0.15, 0.2) is 0 Å². The number of benzene rings is 4. The van der Waals surface area contributed by atoms with Crippen LogP contribution in [-0.4, -0.2) is 11.9 Å². The molecule has 0 aliphatic heterocycles. The van der Waals surface area contributed by atoms with Crippen molar-refractivity contribution in [3.63, 3.8) is 0 Å². The first-order valence-corrected chi connectivity index (χ1v) is 18.2. The maximum absolute atomic E-state index is 4.51. The van der Waals surface area contributed by atoms with E-state index in [1.54, 1.807) is 0 Å². The fourth-order valence-corrected chi connectivity index (χ4v) is 7.24. The molecule has 4 aromatic rings. The Morgan fingerprint density at radius 3 is 2.27 bits per heavy atom. The van der Waals surface area contributed by atoms with Crippen LogP contribution in [0.2, 0.25) is 0 Å². The van der Waals surface area contributed by atoms with Crippen LogP contribution in [0.4, 0.5) is 0 Å². The van der Waals surface area contributed by atoms with Crippen LogP contribution in [0.15, 0.2) is 128 Å². The first-order chi connectivity index (χ1) is 23.7. The number of aryl methyl sites for hydroxylation is 2. The molecular weight excluding hydrogens is 591 g/mol. The molecule has 5 rings (SSSR count). The van der Waals surface area contributed by atoms with Crippen molar-refractivity contribution in [1.29, 1.82) is 0 Å². The summed E-state index contributed by atoms with van der Waals surface area (Å²) in [5.41, 5.74) is 18.5. The largest absolute Gasteiger partial charge is 0.354 e. The van der Waals surface area contributed by atoms with E-state index < -0.39 is 0 Å². The summed E-state index contributed by atoms with van der Waals surface area (Å²) in [6.45, 7) is 18.2. The lowest BCUT2D eigenvalue weighted by Gasteiger charge is -2.30. The summed E-state index contributed by atoms with van der Waals surface area (Å²) in [7, 11) is 2.21. The molecule has 1 unspecified atom stereocenters. The van der Waals surface area contributed by atoms with E-state index in [1.807, 2.05) is 0 Å². The molecule has 0 spiro atoms. The van der Waals surface area contributed by atoms with Crippen LogP contribution in [0, 0.1) is 27.7 Å². The van der Waals surface area contributed by atoms with E-state index in [9.17, 15) is 0 Å². The minimum atomic E-state index is 0.496. The van der Waals surface area contributed by atoms with Crippen LogP contribution in [0.1, 0.15) is 103 Å². The molecule has 1 aliphatic carbocycles. The molecule has 1 nitrogen and oxygen atoms in total. The zero-order valence-electron chi connectivity index (χ0n) is 30.9. The Kier molecular flexibility index (Phi) is 12.1. The van der Waals surface area contributed by atoms with Gasteiger partial charge in [-0.1, -0.05) is 124 Å².